The third kappa shape index (κ3) is 4.24. The smallest absolute Gasteiger partial charge is 0.0366 e. The van der Waals surface area contributed by atoms with Gasteiger partial charge >= 0.3 is 0 Å². The van der Waals surface area contributed by atoms with E-state index in [9.17, 15) is 0 Å². The van der Waals surface area contributed by atoms with Crippen LogP contribution < -0.4 is 10.2 Å². The molecule has 1 aliphatic rings. The largest absolute Gasteiger partial charge is 0.371 e. The maximum absolute atomic E-state index is 3.63. The molecule has 2 heteroatoms. The van der Waals surface area contributed by atoms with Crippen LogP contribution in [0.5, 0.6) is 0 Å². The molecule has 2 rings (SSSR count). The molecule has 0 bridgehead atoms. The molecular weight excluding hydrogens is 244 g/mol. The Balaban J connectivity index is 1.89. The predicted octanol–water partition coefficient (Wildman–Crippen LogP) is 4.02. The van der Waals surface area contributed by atoms with Gasteiger partial charge in [0.15, 0.2) is 0 Å². The van der Waals surface area contributed by atoms with Gasteiger partial charge in [-0.15, -0.1) is 0 Å². The molecule has 1 aromatic carbocycles. The van der Waals surface area contributed by atoms with Gasteiger partial charge in [-0.3, -0.25) is 0 Å². The summed E-state index contributed by atoms with van der Waals surface area (Å²) >= 11 is 0. The minimum Gasteiger partial charge on any atom is -0.371 e. The lowest BCUT2D eigenvalue weighted by Gasteiger charge is -2.24. The fourth-order valence-corrected chi connectivity index (χ4v) is 2.75. The molecule has 1 heterocycles. The highest BCUT2D eigenvalue weighted by molar-refractivity contribution is 5.49. The van der Waals surface area contributed by atoms with Crippen LogP contribution in [-0.2, 0) is 0 Å². The highest BCUT2D eigenvalue weighted by Crippen LogP contribution is 2.25. The highest BCUT2D eigenvalue weighted by atomic mass is 15.2. The molecule has 112 valence electrons. The van der Waals surface area contributed by atoms with Crippen molar-refractivity contribution in [2.75, 3.05) is 24.5 Å². The third-order valence-electron chi connectivity index (χ3n) is 4.13. The molecule has 1 atom stereocenters. The Hall–Kier alpha value is -1.02. The van der Waals surface area contributed by atoms with E-state index < -0.39 is 0 Å². The quantitative estimate of drug-likeness (QED) is 0.892. The van der Waals surface area contributed by atoms with Crippen molar-refractivity contribution in [2.45, 2.75) is 52.5 Å². The second-order valence-electron chi connectivity index (χ2n) is 7.48. The van der Waals surface area contributed by atoms with Crippen LogP contribution in [0.25, 0.3) is 0 Å². The van der Waals surface area contributed by atoms with Crippen molar-refractivity contribution in [1.29, 1.82) is 0 Å². The fourth-order valence-electron chi connectivity index (χ4n) is 2.75. The zero-order chi connectivity index (χ0) is 14.8. The van der Waals surface area contributed by atoms with Crippen LogP contribution in [-0.4, -0.2) is 25.2 Å². The van der Waals surface area contributed by atoms with Crippen molar-refractivity contribution in [3.05, 3.63) is 29.8 Å². The Labute approximate surface area is 124 Å². The van der Waals surface area contributed by atoms with Gasteiger partial charge in [0.25, 0.3) is 0 Å². The Morgan fingerprint density at radius 1 is 1.20 bits per heavy atom. The number of anilines is 1. The SMILES string of the molecule is CC(C)c1ccc(N2CCC(CNC(C)(C)C)C2)cc1. The zero-order valence-corrected chi connectivity index (χ0v) is 13.7. The molecule has 0 radical (unpaired) electrons. The summed E-state index contributed by atoms with van der Waals surface area (Å²) in [6.45, 7) is 14.7. The van der Waals surface area contributed by atoms with Crippen LogP contribution >= 0.6 is 0 Å². The second kappa shape index (κ2) is 6.17. The highest BCUT2D eigenvalue weighted by Gasteiger charge is 2.23. The topological polar surface area (TPSA) is 15.3 Å². The summed E-state index contributed by atoms with van der Waals surface area (Å²) in [7, 11) is 0. The van der Waals surface area contributed by atoms with Crippen molar-refractivity contribution in [2.24, 2.45) is 5.92 Å². The maximum atomic E-state index is 3.63. The number of benzene rings is 1. The molecule has 0 saturated carbocycles. The van der Waals surface area contributed by atoms with E-state index in [4.69, 9.17) is 0 Å². The molecule has 1 aliphatic heterocycles. The molecule has 1 saturated heterocycles. The van der Waals surface area contributed by atoms with Crippen molar-refractivity contribution in [1.82, 2.24) is 5.32 Å². The molecule has 1 fully saturated rings. The van der Waals surface area contributed by atoms with Crippen molar-refractivity contribution < 1.29 is 0 Å². The van der Waals surface area contributed by atoms with Crippen LogP contribution in [0.2, 0.25) is 0 Å². The Morgan fingerprint density at radius 2 is 1.85 bits per heavy atom. The third-order valence-corrected chi connectivity index (χ3v) is 4.13. The number of hydrogen-bond acceptors (Lipinski definition) is 2. The standard InChI is InChI=1S/C18H30N2/c1-14(2)16-6-8-17(9-7-16)20-11-10-15(13-20)12-19-18(3,4)5/h6-9,14-15,19H,10-13H2,1-5H3. The van der Waals surface area contributed by atoms with Gasteiger partial charge < -0.3 is 10.2 Å². The van der Waals surface area contributed by atoms with Crippen LogP contribution in [0, 0.1) is 5.92 Å². The summed E-state index contributed by atoms with van der Waals surface area (Å²) in [5, 5.41) is 3.63. The van der Waals surface area contributed by atoms with Gasteiger partial charge in [0, 0.05) is 30.9 Å². The maximum Gasteiger partial charge on any atom is 0.0366 e. The van der Waals surface area contributed by atoms with Gasteiger partial charge in [-0.25, -0.2) is 0 Å². The first kappa shape index (κ1) is 15.4. The summed E-state index contributed by atoms with van der Waals surface area (Å²) in [6.07, 6.45) is 1.30. The normalized spacial score (nSPS) is 19.9. The second-order valence-corrected chi connectivity index (χ2v) is 7.48. The van der Waals surface area contributed by atoms with E-state index in [0.29, 0.717) is 5.92 Å². The molecule has 0 amide bonds. The van der Waals surface area contributed by atoms with Crippen molar-refractivity contribution in [3.8, 4) is 0 Å². The molecule has 0 aromatic heterocycles. The van der Waals surface area contributed by atoms with E-state index in [1.807, 2.05) is 0 Å². The van der Waals surface area contributed by atoms with Gasteiger partial charge in [0.2, 0.25) is 0 Å². The average Bonchev–Trinajstić information content (AvgIpc) is 2.84. The summed E-state index contributed by atoms with van der Waals surface area (Å²) in [5.74, 6) is 1.39. The van der Waals surface area contributed by atoms with E-state index in [-0.39, 0.29) is 5.54 Å². The first-order valence-electron chi connectivity index (χ1n) is 7.95. The van der Waals surface area contributed by atoms with Crippen LogP contribution in [0.1, 0.15) is 52.5 Å². The van der Waals surface area contributed by atoms with E-state index in [1.54, 1.807) is 0 Å². The van der Waals surface area contributed by atoms with Gasteiger partial charge in [-0.2, -0.15) is 0 Å². The summed E-state index contributed by atoms with van der Waals surface area (Å²) in [6, 6.07) is 9.13. The molecule has 20 heavy (non-hydrogen) atoms. The number of nitrogens with one attached hydrogen (secondary N) is 1. The van der Waals surface area contributed by atoms with Crippen molar-refractivity contribution >= 4 is 5.69 Å². The molecule has 0 spiro atoms. The lowest BCUT2D eigenvalue weighted by atomic mass is 10.0. The molecular formula is C18H30N2. The number of rotatable bonds is 4. The van der Waals surface area contributed by atoms with Crippen LogP contribution in [0.15, 0.2) is 24.3 Å². The summed E-state index contributed by atoms with van der Waals surface area (Å²) < 4.78 is 0. The summed E-state index contributed by atoms with van der Waals surface area (Å²) in [4.78, 5) is 2.53. The van der Waals surface area contributed by atoms with Gasteiger partial charge in [0.1, 0.15) is 0 Å². The molecule has 1 aromatic rings. The Kier molecular flexibility index (Phi) is 4.74. The van der Waals surface area contributed by atoms with E-state index >= 15 is 0 Å². The predicted molar refractivity (Wildman–Crippen MR) is 88.6 cm³/mol. The zero-order valence-electron chi connectivity index (χ0n) is 13.7. The minimum absolute atomic E-state index is 0.229. The van der Waals surface area contributed by atoms with Crippen molar-refractivity contribution in [3.63, 3.8) is 0 Å². The fraction of sp³-hybridized carbons (Fsp3) is 0.667. The number of nitrogens with zero attached hydrogens (tertiary/aromatic N) is 1. The Morgan fingerprint density at radius 3 is 2.40 bits per heavy atom. The monoisotopic (exact) mass is 274 g/mol. The Bertz CT molecular complexity index is 414. The first-order valence-corrected chi connectivity index (χ1v) is 7.95. The van der Waals surface area contributed by atoms with Crippen LogP contribution in [0.4, 0.5) is 5.69 Å². The number of hydrogen-bond donors (Lipinski definition) is 1. The van der Waals surface area contributed by atoms with E-state index in [1.165, 1.54) is 30.8 Å². The van der Waals surface area contributed by atoms with Gasteiger partial charge in [-0.05, 0) is 56.7 Å². The first-order chi connectivity index (χ1) is 9.35. The molecule has 2 nitrogen and oxygen atoms in total. The van der Waals surface area contributed by atoms with Gasteiger partial charge in [0.05, 0.1) is 0 Å². The molecule has 1 unspecified atom stereocenters. The molecule has 1 N–H and O–H groups in total. The summed E-state index contributed by atoms with van der Waals surface area (Å²) in [5.41, 5.74) is 3.04. The van der Waals surface area contributed by atoms with E-state index in [0.717, 1.165) is 12.5 Å². The van der Waals surface area contributed by atoms with E-state index in [2.05, 4.69) is 69.1 Å². The average molecular weight is 274 g/mol. The lowest BCUT2D eigenvalue weighted by molar-refractivity contribution is 0.383. The molecule has 0 aliphatic carbocycles. The minimum atomic E-state index is 0.229. The lowest BCUT2D eigenvalue weighted by Crippen LogP contribution is -2.39. The van der Waals surface area contributed by atoms with Gasteiger partial charge in [-0.1, -0.05) is 26.0 Å². The van der Waals surface area contributed by atoms with Crippen LogP contribution in [0.3, 0.4) is 0 Å².